The van der Waals surface area contributed by atoms with Crippen LogP contribution in [0.25, 0.3) is 0 Å². The van der Waals surface area contributed by atoms with Crippen molar-refractivity contribution < 1.29 is 28.6 Å². The molecule has 34 heavy (non-hydrogen) atoms. The Morgan fingerprint density at radius 2 is 1.94 bits per heavy atom. The summed E-state index contributed by atoms with van der Waals surface area (Å²) in [4.78, 5) is 25.4. The normalized spacial score (nSPS) is 52.3. The molecule has 2 heterocycles. The molecule has 5 aliphatic rings. The number of hydrogen-bond donors (Lipinski definition) is 1. The third-order valence-corrected chi connectivity index (χ3v) is 11.2. The Hall–Kier alpha value is -1.92. The van der Waals surface area contributed by atoms with Crippen LogP contribution in [0.15, 0.2) is 35.2 Å². The number of aliphatic hydroxyl groups excluding tert-OH is 1. The third-order valence-electron chi connectivity index (χ3n) is 11.2. The van der Waals surface area contributed by atoms with Gasteiger partial charge in [-0.15, -0.1) is 0 Å². The summed E-state index contributed by atoms with van der Waals surface area (Å²) in [6, 6.07) is 2.05. The first-order valence-electron chi connectivity index (χ1n) is 12.6. The van der Waals surface area contributed by atoms with E-state index in [1.54, 1.807) is 12.3 Å². The van der Waals surface area contributed by atoms with Crippen molar-refractivity contribution in [3.8, 4) is 0 Å². The van der Waals surface area contributed by atoms with Crippen LogP contribution in [-0.2, 0) is 19.1 Å². The van der Waals surface area contributed by atoms with E-state index in [1.165, 1.54) is 12.5 Å². The predicted octanol–water partition coefficient (Wildman–Crippen LogP) is 4.42. The number of carbonyl (C=O) groups is 2. The molecule has 1 aromatic heterocycles. The van der Waals surface area contributed by atoms with Crippen molar-refractivity contribution in [2.45, 2.75) is 90.6 Å². The van der Waals surface area contributed by atoms with Crippen LogP contribution in [0.1, 0.15) is 72.3 Å². The molecule has 6 nitrogen and oxygen atoms in total. The standard InChI is InChI=1S/C28H36O6/c1-15(29)33-23-21(31)22-24(2,3)19(30)8-10-25(22,4)18-7-11-26(5)17(16-9-12-32-14-16)13-20-28(26,34-20)27(18,23)6/h8-10,12,14,17-18,20-23,31H,7,11,13H2,1-6H3/t17-,18+,20+,21+,22+,23+,25+,26-,27-,28+/m0/s1. The molecule has 0 amide bonds. The summed E-state index contributed by atoms with van der Waals surface area (Å²) >= 11 is 0. The van der Waals surface area contributed by atoms with Gasteiger partial charge in [0.15, 0.2) is 5.78 Å². The molecule has 0 bridgehead atoms. The zero-order valence-electron chi connectivity index (χ0n) is 21.0. The Balaban J connectivity index is 1.55. The van der Waals surface area contributed by atoms with Gasteiger partial charge in [-0.2, -0.15) is 0 Å². The molecule has 6 rings (SSSR count). The minimum absolute atomic E-state index is 0.0134. The largest absolute Gasteiger partial charge is 0.472 e. The van der Waals surface area contributed by atoms with Gasteiger partial charge in [0.25, 0.3) is 0 Å². The van der Waals surface area contributed by atoms with Gasteiger partial charge in [-0.3, -0.25) is 9.59 Å². The zero-order valence-corrected chi connectivity index (χ0v) is 21.0. The molecule has 1 aromatic rings. The third kappa shape index (κ3) is 2.26. The van der Waals surface area contributed by atoms with Crippen molar-refractivity contribution in [2.24, 2.45) is 33.5 Å². The summed E-state index contributed by atoms with van der Waals surface area (Å²) < 4.78 is 18.2. The van der Waals surface area contributed by atoms with Gasteiger partial charge in [0, 0.05) is 29.1 Å². The number of allylic oxidation sites excluding steroid dienone is 2. The van der Waals surface area contributed by atoms with E-state index in [0.29, 0.717) is 0 Å². The molecule has 10 atom stereocenters. The average molecular weight is 469 g/mol. The van der Waals surface area contributed by atoms with Crippen LogP contribution in [0.5, 0.6) is 0 Å². The van der Waals surface area contributed by atoms with Crippen molar-refractivity contribution in [1.82, 2.24) is 0 Å². The van der Waals surface area contributed by atoms with Crippen molar-refractivity contribution in [1.29, 1.82) is 0 Å². The number of aliphatic hydroxyl groups is 1. The number of carbonyl (C=O) groups excluding carboxylic acids is 2. The van der Waals surface area contributed by atoms with Crippen LogP contribution < -0.4 is 0 Å². The smallest absolute Gasteiger partial charge is 0.303 e. The monoisotopic (exact) mass is 468 g/mol. The van der Waals surface area contributed by atoms with Crippen LogP contribution in [0.2, 0.25) is 0 Å². The summed E-state index contributed by atoms with van der Waals surface area (Å²) in [7, 11) is 0. The number of epoxide rings is 1. The average Bonchev–Trinajstić information content (AvgIpc) is 3.11. The van der Waals surface area contributed by atoms with Crippen LogP contribution in [0.4, 0.5) is 0 Å². The highest BCUT2D eigenvalue weighted by Crippen LogP contribution is 2.82. The number of rotatable bonds is 2. The second kappa shape index (κ2) is 6.44. The molecule has 1 aliphatic heterocycles. The van der Waals surface area contributed by atoms with Gasteiger partial charge >= 0.3 is 5.97 Å². The number of ketones is 1. The Kier molecular flexibility index (Phi) is 4.27. The van der Waals surface area contributed by atoms with Gasteiger partial charge in [-0.1, -0.05) is 40.7 Å². The van der Waals surface area contributed by atoms with E-state index in [-0.39, 0.29) is 35.1 Å². The second-order valence-electron chi connectivity index (χ2n) is 12.8. The van der Waals surface area contributed by atoms with Crippen molar-refractivity contribution in [2.75, 3.05) is 0 Å². The van der Waals surface area contributed by atoms with Gasteiger partial charge in [0.05, 0.1) is 24.7 Å². The van der Waals surface area contributed by atoms with E-state index in [2.05, 4.69) is 26.8 Å². The predicted molar refractivity (Wildman–Crippen MR) is 124 cm³/mol. The number of furan rings is 1. The summed E-state index contributed by atoms with van der Waals surface area (Å²) in [6.07, 6.45) is 8.41. The molecule has 4 aliphatic carbocycles. The molecule has 1 spiro atoms. The topological polar surface area (TPSA) is 89.3 Å². The molecule has 1 saturated heterocycles. The first kappa shape index (κ1) is 22.5. The van der Waals surface area contributed by atoms with Gasteiger partial charge in [-0.25, -0.2) is 0 Å². The fourth-order valence-corrected chi connectivity index (χ4v) is 9.97. The number of esters is 1. The molecule has 184 valence electrons. The van der Waals surface area contributed by atoms with Gasteiger partial charge < -0.3 is 19.0 Å². The minimum Gasteiger partial charge on any atom is -0.472 e. The lowest BCUT2D eigenvalue weighted by Crippen LogP contribution is -2.74. The molecular weight excluding hydrogens is 432 g/mol. The van der Waals surface area contributed by atoms with E-state index in [0.717, 1.165) is 19.3 Å². The molecule has 0 radical (unpaired) electrons. The Morgan fingerprint density at radius 1 is 1.21 bits per heavy atom. The quantitative estimate of drug-likeness (QED) is 0.511. The summed E-state index contributed by atoms with van der Waals surface area (Å²) in [5, 5.41) is 12.0. The maximum absolute atomic E-state index is 13.0. The van der Waals surface area contributed by atoms with E-state index in [4.69, 9.17) is 13.9 Å². The van der Waals surface area contributed by atoms with E-state index < -0.39 is 40.0 Å². The zero-order chi connectivity index (χ0) is 24.5. The van der Waals surface area contributed by atoms with Crippen LogP contribution in [0, 0.1) is 33.5 Å². The molecule has 1 N–H and O–H groups in total. The number of ether oxygens (including phenoxy) is 2. The lowest BCUT2D eigenvalue weighted by Gasteiger charge is -2.68. The molecule has 4 fully saturated rings. The van der Waals surface area contributed by atoms with Crippen LogP contribution in [0.3, 0.4) is 0 Å². The highest BCUT2D eigenvalue weighted by atomic mass is 16.6. The van der Waals surface area contributed by atoms with E-state index in [9.17, 15) is 14.7 Å². The Labute approximate surface area is 201 Å². The van der Waals surface area contributed by atoms with Gasteiger partial charge in [0.2, 0.25) is 0 Å². The summed E-state index contributed by atoms with van der Waals surface area (Å²) in [5.74, 6) is -0.386. The highest BCUT2D eigenvalue weighted by molar-refractivity contribution is 5.96. The Morgan fingerprint density at radius 3 is 2.59 bits per heavy atom. The molecule has 0 unspecified atom stereocenters. The van der Waals surface area contributed by atoms with Crippen LogP contribution in [-0.4, -0.2) is 40.8 Å². The summed E-state index contributed by atoms with van der Waals surface area (Å²) in [6.45, 7) is 11.9. The summed E-state index contributed by atoms with van der Waals surface area (Å²) in [5.41, 5.74) is -1.31. The molecule has 3 saturated carbocycles. The van der Waals surface area contributed by atoms with Crippen molar-refractivity contribution in [3.05, 3.63) is 36.3 Å². The maximum Gasteiger partial charge on any atom is 0.303 e. The van der Waals surface area contributed by atoms with Crippen molar-refractivity contribution >= 4 is 11.8 Å². The number of fused-ring (bicyclic) bond motifs is 3. The Bertz CT molecular complexity index is 1090. The lowest BCUT2D eigenvalue weighted by atomic mass is 9.36. The molecular formula is C28H36O6. The fourth-order valence-electron chi connectivity index (χ4n) is 9.97. The van der Waals surface area contributed by atoms with E-state index >= 15 is 0 Å². The number of hydrogen-bond acceptors (Lipinski definition) is 6. The fraction of sp³-hybridized carbons (Fsp3) is 0.714. The highest BCUT2D eigenvalue weighted by Gasteiger charge is 2.88. The lowest BCUT2D eigenvalue weighted by molar-refractivity contribution is -0.269. The molecule has 0 aromatic carbocycles. The minimum atomic E-state index is -0.978. The SMILES string of the molecule is CC(=O)O[C@@H]1[C@H](O)[C@@H]2C(C)(C)C(=O)C=C[C@]2(C)[C@H]2CC[C@@]3(C)[C@H](c4ccoc4)C[C@H]4O[C@]43[C@]12C. The maximum atomic E-state index is 13.0. The molecule has 6 heteroatoms. The van der Waals surface area contributed by atoms with E-state index in [1.807, 2.05) is 26.2 Å². The second-order valence-corrected chi connectivity index (χ2v) is 12.8. The van der Waals surface area contributed by atoms with Crippen LogP contribution >= 0.6 is 0 Å². The van der Waals surface area contributed by atoms with Gasteiger partial charge in [0.1, 0.15) is 11.7 Å². The van der Waals surface area contributed by atoms with Crippen molar-refractivity contribution in [3.63, 3.8) is 0 Å². The first-order chi connectivity index (χ1) is 15.9. The first-order valence-corrected chi connectivity index (χ1v) is 12.6. The van der Waals surface area contributed by atoms with Gasteiger partial charge in [-0.05, 0) is 54.2 Å².